The Kier molecular flexibility index (Phi) is 34.3. The third-order valence-electron chi connectivity index (χ3n) is 8.99. The van der Waals surface area contributed by atoms with Gasteiger partial charge in [-0.3, -0.25) is 23.4 Å². The van der Waals surface area contributed by atoms with Gasteiger partial charge in [-0.15, -0.1) is 0 Å². The molecule has 0 spiro atoms. The Hall–Kier alpha value is -1.63. The molecular formula is C41H73N2O9PS2. The summed E-state index contributed by atoms with van der Waals surface area (Å²) < 4.78 is 33.7. The maximum atomic E-state index is 12.7. The number of rotatable bonds is 39. The number of pyridine rings is 1. The van der Waals surface area contributed by atoms with Crippen LogP contribution in [-0.4, -0.2) is 65.9 Å². The predicted octanol–water partition coefficient (Wildman–Crippen LogP) is 11.3. The summed E-state index contributed by atoms with van der Waals surface area (Å²) in [7, 11) is -1.55. The van der Waals surface area contributed by atoms with Crippen LogP contribution in [0.15, 0.2) is 29.4 Å². The Morgan fingerprint density at radius 1 is 0.709 bits per heavy atom. The molecule has 0 bridgehead atoms. The van der Waals surface area contributed by atoms with Crippen molar-refractivity contribution in [3.05, 3.63) is 24.4 Å². The number of nitrogens with one attached hydrogen (secondary N) is 1. The van der Waals surface area contributed by atoms with Crippen LogP contribution in [0.1, 0.15) is 174 Å². The average molecular weight is 833 g/mol. The highest BCUT2D eigenvalue weighted by atomic mass is 33.1. The average Bonchev–Trinajstić information content (AvgIpc) is 3.17. The topological polar surface area (TPSA) is 150 Å². The van der Waals surface area contributed by atoms with Crippen LogP contribution in [0.5, 0.6) is 0 Å². The predicted molar refractivity (Wildman–Crippen MR) is 225 cm³/mol. The fourth-order valence-corrected chi connectivity index (χ4v) is 8.39. The van der Waals surface area contributed by atoms with E-state index >= 15 is 0 Å². The Balaban J connectivity index is 2.38. The van der Waals surface area contributed by atoms with Crippen LogP contribution in [0.3, 0.4) is 0 Å². The van der Waals surface area contributed by atoms with Crippen LogP contribution in [-0.2, 0) is 37.5 Å². The van der Waals surface area contributed by atoms with E-state index in [4.69, 9.17) is 18.5 Å². The molecule has 0 saturated carbocycles. The molecule has 318 valence electrons. The van der Waals surface area contributed by atoms with Crippen LogP contribution in [0.2, 0.25) is 0 Å². The first-order valence-electron chi connectivity index (χ1n) is 21.2. The number of hydrogen-bond donors (Lipinski definition) is 2. The third kappa shape index (κ3) is 34.2. The first-order valence-corrected chi connectivity index (χ1v) is 25.0. The highest BCUT2D eigenvalue weighted by Crippen LogP contribution is 2.43. The van der Waals surface area contributed by atoms with E-state index in [0.717, 1.165) is 37.1 Å². The van der Waals surface area contributed by atoms with Crippen molar-refractivity contribution in [2.24, 2.45) is 0 Å². The zero-order chi connectivity index (χ0) is 40.1. The summed E-state index contributed by atoms with van der Waals surface area (Å²) in [5.41, 5.74) is 0. The van der Waals surface area contributed by atoms with E-state index in [1.165, 1.54) is 118 Å². The van der Waals surface area contributed by atoms with E-state index in [1.54, 1.807) is 6.20 Å². The lowest BCUT2D eigenvalue weighted by atomic mass is 10.1. The van der Waals surface area contributed by atoms with E-state index in [2.05, 4.69) is 24.1 Å². The minimum Gasteiger partial charge on any atom is -0.462 e. The summed E-state index contributed by atoms with van der Waals surface area (Å²) in [6, 6.07) is 5.63. The molecule has 0 aliphatic rings. The van der Waals surface area contributed by atoms with Crippen molar-refractivity contribution in [2.75, 3.05) is 32.1 Å². The van der Waals surface area contributed by atoms with E-state index in [0.29, 0.717) is 18.6 Å². The number of phosphoric acid groups is 1. The molecule has 11 nitrogen and oxygen atoms in total. The summed E-state index contributed by atoms with van der Waals surface area (Å²) in [5, 5.41) is 3.51. The van der Waals surface area contributed by atoms with Crippen molar-refractivity contribution in [1.82, 2.24) is 10.3 Å². The standard InChI is InChI=1S/C41H73N2O9PS2/c1-3-5-7-9-11-13-15-17-19-21-23-28-40(45)49-35-37(52-41(46)29-24-22-20-18-16-14-12-10-8-6-4-2)36-51-53(47,48)50-33-32-42-38(44)30-34-54-55-39-27-25-26-31-43-39/h25-27,31,37H,3-24,28-30,32-36H2,1-2H3,(H,42,44)(H,47,48)/t37-/m1/s1. The van der Waals surface area contributed by atoms with Crippen molar-refractivity contribution in [1.29, 1.82) is 0 Å². The second kappa shape index (κ2) is 36.7. The molecule has 1 aromatic rings. The monoisotopic (exact) mass is 832 g/mol. The quantitative estimate of drug-likeness (QED) is 0.0281. The largest absolute Gasteiger partial charge is 0.472 e. The van der Waals surface area contributed by atoms with Gasteiger partial charge in [0.25, 0.3) is 0 Å². The van der Waals surface area contributed by atoms with Crippen molar-refractivity contribution < 1.29 is 42.4 Å². The number of aromatic nitrogens is 1. The van der Waals surface area contributed by atoms with Gasteiger partial charge in [-0.25, -0.2) is 9.55 Å². The molecule has 0 saturated heterocycles. The molecule has 0 aliphatic carbocycles. The fourth-order valence-electron chi connectivity index (χ4n) is 5.77. The van der Waals surface area contributed by atoms with Gasteiger partial charge >= 0.3 is 19.8 Å². The minimum absolute atomic E-state index is 0.0127. The molecule has 0 aromatic carbocycles. The van der Waals surface area contributed by atoms with Gasteiger partial charge in [-0.2, -0.15) is 0 Å². The second-order valence-corrected chi connectivity index (χ2v) is 18.0. The molecule has 1 unspecified atom stereocenters. The van der Waals surface area contributed by atoms with E-state index < -0.39 is 32.5 Å². The lowest BCUT2D eigenvalue weighted by Gasteiger charge is -2.20. The van der Waals surface area contributed by atoms with Gasteiger partial charge in [0.15, 0.2) is 6.10 Å². The van der Waals surface area contributed by atoms with Crippen LogP contribution in [0.25, 0.3) is 0 Å². The van der Waals surface area contributed by atoms with Crippen LogP contribution >= 0.6 is 29.4 Å². The molecule has 1 amide bonds. The van der Waals surface area contributed by atoms with Gasteiger partial charge in [0, 0.05) is 37.8 Å². The van der Waals surface area contributed by atoms with Gasteiger partial charge in [0.2, 0.25) is 5.91 Å². The highest BCUT2D eigenvalue weighted by Gasteiger charge is 2.26. The van der Waals surface area contributed by atoms with Crippen LogP contribution < -0.4 is 5.32 Å². The first kappa shape index (κ1) is 51.4. The van der Waals surface area contributed by atoms with Gasteiger partial charge < -0.3 is 19.7 Å². The molecule has 0 aliphatic heterocycles. The van der Waals surface area contributed by atoms with Crippen molar-refractivity contribution in [3.8, 4) is 0 Å². The van der Waals surface area contributed by atoms with Gasteiger partial charge in [-0.05, 0) is 35.8 Å². The van der Waals surface area contributed by atoms with Gasteiger partial charge in [0.05, 0.1) is 13.2 Å². The zero-order valence-electron chi connectivity index (χ0n) is 34.0. The highest BCUT2D eigenvalue weighted by molar-refractivity contribution is 8.76. The van der Waals surface area contributed by atoms with E-state index in [1.807, 2.05) is 18.2 Å². The Bertz CT molecular complexity index is 1140. The lowest BCUT2D eigenvalue weighted by Crippen LogP contribution is -2.30. The molecule has 1 aromatic heterocycles. The molecule has 55 heavy (non-hydrogen) atoms. The summed E-state index contributed by atoms with van der Waals surface area (Å²) >= 11 is 0. The van der Waals surface area contributed by atoms with E-state index in [-0.39, 0.29) is 44.9 Å². The third-order valence-corrected chi connectivity index (χ3v) is 12.2. The van der Waals surface area contributed by atoms with Crippen LogP contribution in [0, 0.1) is 0 Å². The maximum absolute atomic E-state index is 12.7. The number of nitrogens with zero attached hydrogens (tertiary/aromatic N) is 1. The number of carbonyl (C=O) groups excluding carboxylic acids is 3. The van der Waals surface area contributed by atoms with Gasteiger partial charge in [-0.1, -0.05) is 159 Å². The SMILES string of the molecule is CCCCCCCCCCCCCC(=O)OC[C@H](COP(=O)(O)OCCNC(=O)CCSSc1ccccn1)OC(=O)CCCCCCCCCCCCC. The molecule has 2 atom stereocenters. The van der Waals surface area contributed by atoms with Crippen molar-refractivity contribution in [3.63, 3.8) is 0 Å². The Morgan fingerprint density at radius 2 is 1.24 bits per heavy atom. The number of unbranched alkanes of at least 4 members (excludes halogenated alkanes) is 20. The molecule has 0 radical (unpaired) electrons. The van der Waals surface area contributed by atoms with Crippen molar-refractivity contribution >= 4 is 47.3 Å². The minimum atomic E-state index is -4.54. The van der Waals surface area contributed by atoms with E-state index in [9.17, 15) is 23.8 Å². The number of ether oxygens (including phenoxy) is 2. The molecule has 1 heterocycles. The van der Waals surface area contributed by atoms with Crippen molar-refractivity contribution in [2.45, 2.75) is 185 Å². The fraction of sp³-hybridized carbons (Fsp3) is 0.805. The molecule has 1 rings (SSSR count). The summed E-state index contributed by atoms with van der Waals surface area (Å²) in [4.78, 5) is 51.8. The number of phosphoric ester groups is 1. The zero-order valence-corrected chi connectivity index (χ0v) is 36.6. The normalized spacial score (nSPS) is 12.9. The van der Waals surface area contributed by atoms with Crippen LogP contribution in [0.4, 0.5) is 0 Å². The molecule has 14 heteroatoms. The molecule has 0 fully saturated rings. The number of esters is 2. The summed E-state index contributed by atoms with van der Waals surface area (Å²) in [5.74, 6) is -0.529. The molecular weight excluding hydrogens is 760 g/mol. The first-order chi connectivity index (χ1) is 26.8. The number of hydrogen-bond acceptors (Lipinski definition) is 11. The van der Waals surface area contributed by atoms with Gasteiger partial charge in [0.1, 0.15) is 11.6 Å². The molecule has 2 N–H and O–H groups in total. The smallest absolute Gasteiger partial charge is 0.462 e. The Morgan fingerprint density at radius 3 is 1.76 bits per heavy atom. The second-order valence-electron chi connectivity index (χ2n) is 14.1. The Labute approximate surface area is 340 Å². The lowest BCUT2D eigenvalue weighted by molar-refractivity contribution is -0.161. The maximum Gasteiger partial charge on any atom is 0.472 e. The summed E-state index contributed by atoms with van der Waals surface area (Å²) in [6.45, 7) is 3.44. The summed E-state index contributed by atoms with van der Waals surface area (Å²) in [6.07, 6.45) is 27.0. The number of amides is 1. The number of carbonyl (C=O) groups is 3.